The molecule has 0 aliphatic heterocycles. The molecule has 2 aromatic rings. The van der Waals surface area contributed by atoms with Gasteiger partial charge in [0.1, 0.15) is 6.61 Å². The summed E-state index contributed by atoms with van der Waals surface area (Å²) in [4.78, 5) is 13.2. The Morgan fingerprint density at radius 1 is 1.08 bits per heavy atom. The lowest BCUT2D eigenvalue weighted by Gasteiger charge is -2.09. The van der Waals surface area contributed by atoms with Crippen LogP contribution in [0, 0.1) is 6.92 Å². The molecule has 26 heavy (non-hydrogen) atoms. The van der Waals surface area contributed by atoms with Gasteiger partial charge in [0.2, 0.25) is 0 Å². The van der Waals surface area contributed by atoms with Crippen molar-refractivity contribution < 1.29 is 22.7 Å². The van der Waals surface area contributed by atoms with E-state index in [0.29, 0.717) is 17.7 Å². The molecule has 0 aliphatic rings. The van der Waals surface area contributed by atoms with Crippen LogP contribution < -0.4 is 5.32 Å². The van der Waals surface area contributed by atoms with E-state index in [1.54, 1.807) is 36.0 Å². The molecule has 3 nitrogen and oxygen atoms in total. The number of hydrogen-bond acceptors (Lipinski definition) is 3. The predicted molar refractivity (Wildman–Crippen MR) is 96.4 cm³/mol. The molecule has 0 saturated carbocycles. The Bertz CT molecular complexity index is 700. The highest BCUT2D eigenvalue weighted by Crippen LogP contribution is 2.18. The summed E-state index contributed by atoms with van der Waals surface area (Å²) >= 11 is 1.66. The number of ether oxygens (including phenoxy) is 1. The van der Waals surface area contributed by atoms with Gasteiger partial charge in [-0.25, -0.2) is 0 Å². The van der Waals surface area contributed by atoms with Gasteiger partial charge in [-0.15, -0.1) is 11.8 Å². The quantitative estimate of drug-likeness (QED) is 0.535. The van der Waals surface area contributed by atoms with E-state index in [-0.39, 0.29) is 12.5 Å². The first-order chi connectivity index (χ1) is 12.3. The summed E-state index contributed by atoms with van der Waals surface area (Å²) in [6, 6.07) is 14.5. The number of benzene rings is 2. The summed E-state index contributed by atoms with van der Waals surface area (Å²) in [6.07, 6.45) is -4.34. The Hall–Kier alpha value is -1.99. The maximum Gasteiger partial charge on any atom is 0.411 e. The van der Waals surface area contributed by atoms with E-state index in [1.165, 1.54) is 5.56 Å². The third kappa shape index (κ3) is 7.49. The summed E-state index contributed by atoms with van der Waals surface area (Å²) < 4.78 is 40.7. The number of carbonyl (C=O) groups is 1. The van der Waals surface area contributed by atoms with Gasteiger partial charge in [0, 0.05) is 22.8 Å². The molecule has 0 fully saturated rings. The largest absolute Gasteiger partial charge is 0.411 e. The van der Waals surface area contributed by atoms with E-state index in [1.807, 2.05) is 31.2 Å². The van der Waals surface area contributed by atoms with Crippen molar-refractivity contribution in [2.45, 2.75) is 24.6 Å². The molecule has 7 heteroatoms. The minimum atomic E-state index is -4.34. The van der Waals surface area contributed by atoms with Gasteiger partial charge < -0.3 is 10.1 Å². The molecule has 1 N–H and O–H groups in total. The number of amides is 1. The molecule has 140 valence electrons. The Balaban J connectivity index is 1.71. The molecule has 0 aromatic heterocycles. The zero-order valence-corrected chi connectivity index (χ0v) is 15.1. The van der Waals surface area contributed by atoms with Crippen molar-refractivity contribution in [3.8, 4) is 0 Å². The molecule has 0 unspecified atom stereocenters. The Kier molecular flexibility index (Phi) is 7.53. The highest BCUT2D eigenvalue weighted by atomic mass is 32.2. The van der Waals surface area contributed by atoms with Crippen LogP contribution in [0.1, 0.15) is 21.5 Å². The van der Waals surface area contributed by atoms with Crippen LogP contribution in [-0.4, -0.2) is 31.0 Å². The zero-order valence-electron chi connectivity index (χ0n) is 14.3. The molecule has 1 amide bonds. The molecule has 0 bridgehead atoms. The first-order valence-electron chi connectivity index (χ1n) is 8.04. The van der Waals surface area contributed by atoms with Gasteiger partial charge in [0.25, 0.3) is 5.91 Å². The third-order valence-electron chi connectivity index (χ3n) is 3.43. The van der Waals surface area contributed by atoms with Gasteiger partial charge in [-0.3, -0.25) is 4.79 Å². The number of halogens is 3. The monoisotopic (exact) mass is 383 g/mol. The van der Waals surface area contributed by atoms with Crippen LogP contribution in [0.3, 0.4) is 0 Å². The second kappa shape index (κ2) is 9.64. The maximum absolute atomic E-state index is 12.1. The van der Waals surface area contributed by atoms with Crippen LogP contribution in [0.4, 0.5) is 13.2 Å². The van der Waals surface area contributed by atoms with Crippen LogP contribution in [-0.2, 0) is 11.3 Å². The van der Waals surface area contributed by atoms with E-state index in [4.69, 9.17) is 0 Å². The number of alkyl halides is 3. The first kappa shape index (κ1) is 20.3. The van der Waals surface area contributed by atoms with Crippen molar-refractivity contribution in [3.05, 3.63) is 65.2 Å². The molecule has 0 aliphatic carbocycles. The van der Waals surface area contributed by atoms with Crippen molar-refractivity contribution in [2.24, 2.45) is 0 Å². The van der Waals surface area contributed by atoms with E-state index < -0.39 is 12.8 Å². The van der Waals surface area contributed by atoms with Gasteiger partial charge >= 0.3 is 6.18 Å². The zero-order chi connectivity index (χ0) is 19.0. The second-order valence-electron chi connectivity index (χ2n) is 5.72. The number of carbonyl (C=O) groups excluding carboxylic acids is 1. The van der Waals surface area contributed by atoms with Crippen molar-refractivity contribution in [1.29, 1.82) is 0 Å². The number of nitrogens with one attached hydrogen (secondary N) is 1. The topological polar surface area (TPSA) is 38.3 Å². The number of hydrogen-bond donors (Lipinski definition) is 1. The maximum atomic E-state index is 12.1. The van der Waals surface area contributed by atoms with E-state index in [2.05, 4.69) is 10.1 Å². The van der Waals surface area contributed by atoms with Crippen LogP contribution in [0.2, 0.25) is 0 Å². The van der Waals surface area contributed by atoms with Crippen LogP contribution in [0.25, 0.3) is 0 Å². The molecule has 0 atom stereocenters. The lowest BCUT2D eigenvalue weighted by molar-refractivity contribution is -0.176. The molecule has 0 saturated heterocycles. The van der Waals surface area contributed by atoms with Gasteiger partial charge in [-0.05, 0) is 36.8 Å². The number of aryl methyl sites for hydroxylation is 1. The third-order valence-corrected chi connectivity index (χ3v) is 4.44. The summed E-state index contributed by atoms with van der Waals surface area (Å²) in [5.74, 6) is 0.537. The Morgan fingerprint density at radius 3 is 2.35 bits per heavy atom. The van der Waals surface area contributed by atoms with Gasteiger partial charge in [0.15, 0.2) is 0 Å². The van der Waals surface area contributed by atoms with E-state index >= 15 is 0 Å². The van der Waals surface area contributed by atoms with E-state index in [0.717, 1.165) is 10.6 Å². The normalized spacial score (nSPS) is 11.4. The molecule has 2 aromatic carbocycles. The summed E-state index contributed by atoms with van der Waals surface area (Å²) in [6.45, 7) is 1.12. The molecule has 2 rings (SSSR count). The summed E-state index contributed by atoms with van der Waals surface area (Å²) in [5, 5.41) is 2.82. The highest BCUT2D eigenvalue weighted by molar-refractivity contribution is 7.99. The van der Waals surface area contributed by atoms with Crippen molar-refractivity contribution in [3.63, 3.8) is 0 Å². The van der Waals surface area contributed by atoms with Crippen LogP contribution in [0.15, 0.2) is 53.4 Å². The minimum Gasteiger partial charge on any atom is -0.367 e. The van der Waals surface area contributed by atoms with Crippen molar-refractivity contribution in [2.75, 3.05) is 18.9 Å². The van der Waals surface area contributed by atoms with Gasteiger partial charge in [0.05, 0.1) is 6.61 Å². The fourth-order valence-electron chi connectivity index (χ4n) is 2.11. The van der Waals surface area contributed by atoms with Crippen LogP contribution >= 0.6 is 11.8 Å². The minimum absolute atomic E-state index is 0.144. The summed E-state index contributed by atoms with van der Waals surface area (Å²) in [5.41, 5.74) is 2.25. The number of rotatable bonds is 8. The van der Waals surface area contributed by atoms with Crippen molar-refractivity contribution in [1.82, 2.24) is 5.32 Å². The molecule has 0 heterocycles. The first-order valence-corrected chi connectivity index (χ1v) is 9.03. The molecular formula is C19H20F3NO2S. The average molecular weight is 383 g/mol. The molecular weight excluding hydrogens is 363 g/mol. The predicted octanol–water partition coefficient (Wildman–Crippen LogP) is 4.60. The van der Waals surface area contributed by atoms with Gasteiger partial charge in [-0.1, -0.05) is 29.8 Å². The lowest BCUT2D eigenvalue weighted by atomic mass is 10.1. The smallest absolute Gasteiger partial charge is 0.367 e. The molecule has 0 radical (unpaired) electrons. The van der Waals surface area contributed by atoms with E-state index in [9.17, 15) is 18.0 Å². The summed E-state index contributed by atoms with van der Waals surface area (Å²) in [7, 11) is 0. The molecule has 0 spiro atoms. The van der Waals surface area contributed by atoms with Gasteiger partial charge in [-0.2, -0.15) is 13.2 Å². The van der Waals surface area contributed by atoms with Crippen molar-refractivity contribution >= 4 is 17.7 Å². The fourth-order valence-corrected chi connectivity index (χ4v) is 2.88. The Labute approximate surface area is 154 Å². The number of thioether (sulfide) groups is 1. The Morgan fingerprint density at radius 2 is 1.73 bits per heavy atom. The van der Waals surface area contributed by atoms with Crippen LogP contribution in [0.5, 0.6) is 0 Å². The lowest BCUT2D eigenvalue weighted by Crippen LogP contribution is -2.25. The highest BCUT2D eigenvalue weighted by Gasteiger charge is 2.27. The fraction of sp³-hybridized carbons (Fsp3) is 0.316. The second-order valence-corrected chi connectivity index (χ2v) is 6.89. The average Bonchev–Trinajstić information content (AvgIpc) is 2.59. The standard InChI is InChI=1S/C19H20F3NO2S/c1-14-2-8-17(9-3-14)26-11-10-23-18(24)16-6-4-15(5-7-16)12-25-13-19(20,21)22/h2-9H,10-13H2,1H3,(H,23,24). The SMILES string of the molecule is Cc1ccc(SCCNC(=O)c2ccc(COCC(F)(F)F)cc2)cc1.